The van der Waals surface area contributed by atoms with Crippen LogP contribution in [0.2, 0.25) is 0 Å². The van der Waals surface area contributed by atoms with Crippen LogP contribution in [0.25, 0.3) is 0 Å². The number of unbranched alkanes of at least 4 members (excludes halogenated alkanes) is 1. The van der Waals surface area contributed by atoms with E-state index >= 15 is 0 Å². The van der Waals surface area contributed by atoms with Gasteiger partial charge < -0.3 is 4.84 Å². The average Bonchev–Trinajstić information content (AvgIpc) is 2.25. The first-order valence-corrected chi connectivity index (χ1v) is 5.96. The van der Waals surface area contributed by atoms with E-state index in [-0.39, 0.29) is 0 Å². The molecule has 16 heavy (non-hydrogen) atoms. The van der Waals surface area contributed by atoms with Gasteiger partial charge in [-0.05, 0) is 74.8 Å². The Morgan fingerprint density at radius 2 is 1.56 bits per heavy atom. The van der Waals surface area contributed by atoms with Crippen LogP contribution in [0, 0.1) is 27.7 Å². The van der Waals surface area contributed by atoms with Gasteiger partial charge in [0.1, 0.15) is 0 Å². The fourth-order valence-electron chi connectivity index (χ4n) is 2.16. The lowest BCUT2D eigenvalue weighted by molar-refractivity contribution is 0.134. The summed E-state index contributed by atoms with van der Waals surface area (Å²) in [6.07, 6.45) is 3.30. The maximum atomic E-state index is 5.02. The second kappa shape index (κ2) is 6.02. The molecule has 0 amide bonds. The van der Waals surface area contributed by atoms with Crippen LogP contribution in [0.4, 0.5) is 0 Å². The largest absolute Gasteiger partial charge is 0.305 e. The normalized spacial score (nSPS) is 10.8. The monoisotopic (exact) mass is 221 g/mol. The Balaban J connectivity index is 2.78. The molecule has 0 aromatic heterocycles. The number of benzene rings is 1. The van der Waals surface area contributed by atoms with Crippen molar-refractivity contribution < 1.29 is 4.84 Å². The number of aryl methyl sites for hydroxylation is 2. The number of hydrogen-bond donors (Lipinski definition) is 1. The Hall–Kier alpha value is -0.860. The van der Waals surface area contributed by atoms with Crippen molar-refractivity contribution in [1.29, 1.82) is 0 Å². The van der Waals surface area contributed by atoms with E-state index in [1.165, 1.54) is 27.8 Å². The fraction of sp³-hybridized carbons (Fsp3) is 0.571. The smallest absolute Gasteiger partial charge is 0.0679 e. The highest BCUT2D eigenvalue weighted by Gasteiger charge is 2.07. The summed E-state index contributed by atoms with van der Waals surface area (Å²) in [6, 6.07) is 2.27. The fourth-order valence-corrected chi connectivity index (χ4v) is 2.16. The predicted molar refractivity (Wildman–Crippen MR) is 68.5 cm³/mol. The Morgan fingerprint density at radius 3 is 2.06 bits per heavy atom. The van der Waals surface area contributed by atoms with Crippen LogP contribution in [0.5, 0.6) is 0 Å². The summed E-state index contributed by atoms with van der Waals surface area (Å²) in [5.41, 5.74) is 7.18. The van der Waals surface area contributed by atoms with Crippen LogP contribution in [0.15, 0.2) is 6.07 Å². The lowest BCUT2D eigenvalue weighted by Gasteiger charge is -2.15. The van der Waals surface area contributed by atoms with Crippen molar-refractivity contribution in [2.24, 2.45) is 5.90 Å². The van der Waals surface area contributed by atoms with Gasteiger partial charge in [-0.2, -0.15) is 0 Å². The second-order valence-corrected chi connectivity index (χ2v) is 4.57. The quantitative estimate of drug-likeness (QED) is 0.612. The highest BCUT2D eigenvalue weighted by atomic mass is 16.6. The van der Waals surface area contributed by atoms with E-state index in [9.17, 15) is 0 Å². The summed E-state index contributed by atoms with van der Waals surface area (Å²) in [6.45, 7) is 9.47. The standard InChI is InChI=1S/C14H23NO/c1-10-9-11(2)13(4)14(12(10)3)7-5-6-8-16-15/h9H,5-8,15H2,1-4H3. The van der Waals surface area contributed by atoms with Gasteiger partial charge in [-0.1, -0.05) is 6.07 Å². The highest BCUT2D eigenvalue weighted by molar-refractivity contribution is 5.43. The number of rotatable bonds is 5. The van der Waals surface area contributed by atoms with Crippen LogP contribution < -0.4 is 5.90 Å². The van der Waals surface area contributed by atoms with Gasteiger partial charge in [0, 0.05) is 0 Å². The molecule has 0 fully saturated rings. The van der Waals surface area contributed by atoms with E-state index in [4.69, 9.17) is 5.90 Å². The van der Waals surface area contributed by atoms with Crippen LogP contribution in [0.3, 0.4) is 0 Å². The van der Waals surface area contributed by atoms with Crippen molar-refractivity contribution in [2.45, 2.75) is 47.0 Å². The zero-order chi connectivity index (χ0) is 12.1. The van der Waals surface area contributed by atoms with Crippen molar-refractivity contribution in [1.82, 2.24) is 0 Å². The van der Waals surface area contributed by atoms with Gasteiger partial charge in [0.25, 0.3) is 0 Å². The second-order valence-electron chi connectivity index (χ2n) is 4.57. The maximum Gasteiger partial charge on any atom is 0.0679 e. The first-order valence-electron chi connectivity index (χ1n) is 5.96. The first-order chi connectivity index (χ1) is 7.57. The van der Waals surface area contributed by atoms with Gasteiger partial charge in [0.15, 0.2) is 0 Å². The molecule has 2 nitrogen and oxygen atoms in total. The van der Waals surface area contributed by atoms with E-state index in [1.807, 2.05) is 0 Å². The summed E-state index contributed by atoms with van der Waals surface area (Å²) in [5.74, 6) is 5.02. The molecule has 1 aromatic carbocycles. The van der Waals surface area contributed by atoms with E-state index in [1.54, 1.807) is 0 Å². The van der Waals surface area contributed by atoms with Gasteiger partial charge in [0.05, 0.1) is 6.61 Å². The maximum absolute atomic E-state index is 5.02. The molecule has 1 aromatic rings. The van der Waals surface area contributed by atoms with Crippen molar-refractivity contribution in [3.63, 3.8) is 0 Å². The highest BCUT2D eigenvalue weighted by Crippen LogP contribution is 2.23. The molecule has 2 N–H and O–H groups in total. The zero-order valence-corrected chi connectivity index (χ0v) is 10.9. The Bertz CT molecular complexity index is 332. The van der Waals surface area contributed by atoms with Crippen LogP contribution in [0.1, 0.15) is 40.7 Å². The Kier molecular flexibility index (Phi) is 4.97. The minimum absolute atomic E-state index is 0.656. The number of nitrogens with two attached hydrogens (primary N) is 1. The van der Waals surface area contributed by atoms with E-state index in [0.29, 0.717) is 6.61 Å². The van der Waals surface area contributed by atoms with Crippen molar-refractivity contribution in [2.75, 3.05) is 6.61 Å². The molecule has 0 aliphatic carbocycles. The van der Waals surface area contributed by atoms with Crippen LogP contribution in [-0.4, -0.2) is 6.61 Å². The molecule has 0 bridgehead atoms. The van der Waals surface area contributed by atoms with Gasteiger partial charge in [-0.3, -0.25) is 0 Å². The Morgan fingerprint density at radius 1 is 1.00 bits per heavy atom. The van der Waals surface area contributed by atoms with E-state index in [2.05, 4.69) is 38.6 Å². The van der Waals surface area contributed by atoms with E-state index < -0.39 is 0 Å². The molecule has 0 radical (unpaired) electrons. The molecule has 90 valence electrons. The summed E-state index contributed by atoms with van der Waals surface area (Å²) >= 11 is 0. The molecule has 0 unspecified atom stereocenters. The van der Waals surface area contributed by atoms with Gasteiger partial charge in [-0.15, -0.1) is 0 Å². The topological polar surface area (TPSA) is 35.2 Å². The molecule has 0 saturated heterocycles. The molecule has 2 heteroatoms. The van der Waals surface area contributed by atoms with Gasteiger partial charge in [0.2, 0.25) is 0 Å². The third-order valence-corrected chi connectivity index (χ3v) is 3.46. The minimum atomic E-state index is 0.656. The zero-order valence-electron chi connectivity index (χ0n) is 10.9. The molecule has 0 aliphatic rings. The average molecular weight is 221 g/mol. The first kappa shape index (κ1) is 13.2. The molecule has 0 spiro atoms. The molecular weight excluding hydrogens is 198 g/mol. The summed E-state index contributed by atoms with van der Waals surface area (Å²) in [4.78, 5) is 4.59. The SMILES string of the molecule is Cc1cc(C)c(C)c(CCCCON)c1C. The summed E-state index contributed by atoms with van der Waals surface area (Å²) in [7, 11) is 0. The van der Waals surface area contributed by atoms with Crippen molar-refractivity contribution in [3.8, 4) is 0 Å². The summed E-state index contributed by atoms with van der Waals surface area (Å²) in [5, 5.41) is 0. The molecule has 0 atom stereocenters. The third-order valence-electron chi connectivity index (χ3n) is 3.46. The van der Waals surface area contributed by atoms with Crippen LogP contribution in [-0.2, 0) is 11.3 Å². The number of hydrogen-bond acceptors (Lipinski definition) is 2. The Labute approximate surface area is 98.8 Å². The molecule has 0 saturated carbocycles. The molecule has 0 heterocycles. The van der Waals surface area contributed by atoms with Crippen molar-refractivity contribution in [3.05, 3.63) is 33.9 Å². The summed E-state index contributed by atoms with van der Waals surface area (Å²) < 4.78 is 0. The van der Waals surface area contributed by atoms with Gasteiger partial charge >= 0.3 is 0 Å². The minimum Gasteiger partial charge on any atom is -0.305 e. The predicted octanol–water partition coefficient (Wildman–Crippen LogP) is 3.13. The van der Waals surface area contributed by atoms with Gasteiger partial charge in [-0.25, -0.2) is 5.90 Å². The molecule has 1 rings (SSSR count). The van der Waals surface area contributed by atoms with Crippen molar-refractivity contribution >= 4 is 0 Å². The lowest BCUT2D eigenvalue weighted by Crippen LogP contribution is -2.03. The van der Waals surface area contributed by atoms with E-state index in [0.717, 1.165) is 19.3 Å². The lowest BCUT2D eigenvalue weighted by atomic mass is 9.91. The molecule has 0 aliphatic heterocycles. The van der Waals surface area contributed by atoms with Crippen LogP contribution >= 0.6 is 0 Å². The molecular formula is C14H23NO. The third kappa shape index (κ3) is 3.06.